The summed E-state index contributed by atoms with van der Waals surface area (Å²) >= 11 is 0. The largest absolute Gasteiger partial charge is 0.351 e. The maximum absolute atomic E-state index is 12.1. The van der Waals surface area contributed by atoms with E-state index in [9.17, 15) is 4.79 Å². The van der Waals surface area contributed by atoms with E-state index in [0.29, 0.717) is 12.2 Å². The molecule has 0 spiro atoms. The zero-order valence-electron chi connectivity index (χ0n) is 13.9. The number of fused-ring (bicyclic) bond motifs is 1. The minimum Gasteiger partial charge on any atom is -0.351 e. The van der Waals surface area contributed by atoms with Gasteiger partial charge in [-0.15, -0.1) is 0 Å². The van der Waals surface area contributed by atoms with E-state index in [-0.39, 0.29) is 5.91 Å². The monoisotopic (exact) mass is 312 g/mol. The van der Waals surface area contributed by atoms with Crippen LogP contribution < -0.4 is 5.32 Å². The van der Waals surface area contributed by atoms with Crippen LogP contribution in [-0.4, -0.2) is 40.2 Å². The number of aromatic nitrogens is 2. The van der Waals surface area contributed by atoms with E-state index in [1.807, 2.05) is 13.0 Å². The summed E-state index contributed by atoms with van der Waals surface area (Å²) in [6, 6.07) is 10.5. The second kappa shape index (κ2) is 6.96. The number of carbonyl (C=O) groups excluding carboxylic acids is 1. The first-order chi connectivity index (χ1) is 11.1. The SMILES string of the molecule is Cc1cc(C(=O)NCCCN2CCc3ccccc3C2)n(C)n1. The average molecular weight is 312 g/mol. The number of amides is 1. The van der Waals surface area contributed by atoms with Gasteiger partial charge < -0.3 is 5.32 Å². The lowest BCUT2D eigenvalue weighted by atomic mass is 10.00. The van der Waals surface area contributed by atoms with Crippen molar-refractivity contribution in [2.75, 3.05) is 19.6 Å². The van der Waals surface area contributed by atoms with Crippen LogP contribution in [0.1, 0.15) is 33.7 Å². The van der Waals surface area contributed by atoms with E-state index in [1.165, 1.54) is 11.1 Å². The number of benzene rings is 1. The highest BCUT2D eigenvalue weighted by Crippen LogP contribution is 2.18. The van der Waals surface area contributed by atoms with Crippen LogP contribution in [0.3, 0.4) is 0 Å². The van der Waals surface area contributed by atoms with E-state index in [1.54, 1.807) is 11.7 Å². The van der Waals surface area contributed by atoms with Gasteiger partial charge in [0.2, 0.25) is 0 Å². The highest BCUT2D eigenvalue weighted by Gasteiger charge is 2.15. The van der Waals surface area contributed by atoms with Crippen molar-refractivity contribution in [1.29, 1.82) is 0 Å². The Kier molecular flexibility index (Phi) is 4.76. The summed E-state index contributed by atoms with van der Waals surface area (Å²) in [5.74, 6) is -0.0444. The number of hydrogen-bond acceptors (Lipinski definition) is 3. The predicted octanol–water partition coefficient (Wildman–Crippen LogP) is 1.91. The van der Waals surface area contributed by atoms with Gasteiger partial charge in [0.25, 0.3) is 5.91 Å². The molecule has 0 atom stereocenters. The number of aryl methyl sites for hydroxylation is 2. The molecule has 0 unspecified atom stereocenters. The highest BCUT2D eigenvalue weighted by atomic mass is 16.2. The maximum Gasteiger partial charge on any atom is 0.269 e. The van der Waals surface area contributed by atoms with Crippen molar-refractivity contribution in [3.63, 3.8) is 0 Å². The third kappa shape index (κ3) is 3.79. The van der Waals surface area contributed by atoms with E-state index in [0.717, 1.165) is 38.2 Å². The molecule has 0 saturated carbocycles. The molecule has 0 radical (unpaired) electrons. The second-order valence-electron chi connectivity index (χ2n) is 6.20. The number of hydrogen-bond donors (Lipinski definition) is 1. The van der Waals surface area contributed by atoms with Crippen LogP contribution >= 0.6 is 0 Å². The van der Waals surface area contributed by atoms with Crippen molar-refractivity contribution in [3.05, 3.63) is 52.8 Å². The van der Waals surface area contributed by atoms with Crippen molar-refractivity contribution in [3.8, 4) is 0 Å². The summed E-state index contributed by atoms with van der Waals surface area (Å²) in [5.41, 5.74) is 4.40. The molecule has 5 heteroatoms. The predicted molar refractivity (Wildman–Crippen MR) is 90.3 cm³/mol. The Morgan fingerprint density at radius 3 is 2.83 bits per heavy atom. The lowest BCUT2D eigenvalue weighted by molar-refractivity contribution is 0.0942. The molecule has 0 bridgehead atoms. The number of rotatable bonds is 5. The number of nitrogens with zero attached hydrogens (tertiary/aromatic N) is 3. The molecule has 1 amide bonds. The minimum absolute atomic E-state index is 0.0444. The lowest BCUT2D eigenvalue weighted by Crippen LogP contribution is -2.34. The van der Waals surface area contributed by atoms with Gasteiger partial charge in [0, 0.05) is 33.2 Å². The fourth-order valence-corrected chi connectivity index (χ4v) is 3.16. The summed E-state index contributed by atoms with van der Waals surface area (Å²) in [6.45, 7) is 5.72. The van der Waals surface area contributed by atoms with Gasteiger partial charge in [-0.2, -0.15) is 5.10 Å². The molecule has 122 valence electrons. The first kappa shape index (κ1) is 15.7. The second-order valence-corrected chi connectivity index (χ2v) is 6.20. The van der Waals surface area contributed by atoms with Crippen LogP contribution in [0.5, 0.6) is 0 Å². The molecule has 1 aromatic heterocycles. The van der Waals surface area contributed by atoms with Crippen LogP contribution in [0.25, 0.3) is 0 Å². The molecule has 1 aromatic carbocycles. The molecule has 1 aliphatic rings. The van der Waals surface area contributed by atoms with Gasteiger partial charge >= 0.3 is 0 Å². The maximum atomic E-state index is 12.1. The Labute approximate surface area is 137 Å². The number of nitrogens with one attached hydrogen (secondary N) is 1. The molecule has 2 heterocycles. The van der Waals surface area contributed by atoms with E-state index in [4.69, 9.17) is 0 Å². The van der Waals surface area contributed by atoms with Crippen molar-refractivity contribution in [2.45, 2.75) is 26.3 Å². The molecule has 0 aliphatic carbocycles. The minimum atomic E-state index is -0.0444. The van der Waals surface area contributed by atoms with Gasteiger partial charge in [-0.3, -0.25) is 14.4 Å². The summed E-state index contributed by atoms with van der Waals surface area (Å²) < 4.78 is 1.63. The Balaban J connectivity index is 1.42. The van der Waals surface area contributed by atoms with E-state index < -0.39 is 0 Å². The van der Waals surface area contributed by atoms with Crippen LogP contribution in [0.2, 0.25) is 0 Å². The van der Waals surface area contributed by atoms with Gasteiger partial charge in [0.05, 0.1) is 5.69 Å². The molecular formula is C18H24N4O. The fraction of sp³-hybridized carbons (Fsp3) is 0.444. The number of carbonyl (C=O) groups is 1. The Bertz CT molecular complexity index is 692. The third-order valence-corrected chi connectivity index (χ3v) is 4.38. The van der Waals surface area contributed by atoms with Gasteiger partial charge in [-0.25, -0.2) is 0 Å². The fourth-order valence-electron chi connectivity index (χ4n) is 3.16. The third-order valence-electron chi connectivity index (χ3n) is 4.38. The zero-order chi connectivity index (χ0) is 16.2. The first-order valence-electron chi connectivity index (χ1n) is 8.21. The Morgan fingerprint density at radius 1 is 1.30 bits per heavy atom. The first-order valence-corrected chi connectivity index (χ1v) is 8.21. The molecular weight excluding hydrogens is 288 g/mol. The Hall–Kier alpha value is -2.14. The van der Waals surface area contributed by atoms with Gasteiger partial charge in [-0.1, -0.05) is 24.3 Å². The molecule has 3 rings (SSSR count). The standard InChI is InChI=1S/C18H24N4O/c1-14-12-17(21(2)20-14)18(23)19-9-5-10-22-11-8-15-6-3-4-7-16(15)13-22/h3-4,6-7,12H,5,8-11,13H2,1-2H3,(H,19,23). The quantitative estimate of drug-likeness (QED) is 0.858. The Morgan fingerprint density at radius 2 is 2.09 bits per heavy atom. The normalized spacial score (nSPS) is 14.5. The van der Waals surface area contributed by atoms with E-state index >= 15 is 0 Å². The van der Waals surface area contributed by atoms with Gasteiger partial charge in [0.15, 0.2) is 0 Å². The molecule has 2 aromatic rings. The van der Waals surface area contributed by atoms with Gasteiger partial charge in [0.1, 0.15) is 5.69 Å². The molecule has 0 saturated heterocycles. The summed E-state index contributed by atoms with van der Waals surface area (Å²) in [7, 11) is 1.80. The summed E-state index contributed by atoms with van der Waals surface area (Å²) in [4.78, 5) is 14.6. The van der Waals surface area contributed by atoms with Crippen LogP contribution in [0.4, 0.5) is 0 Å². The lowest BCUT2D eigenvalue weighted by Gasteiger charge is -2.28. The van der Waals surface area contributed by atoms with Crippen molar-refractivity contribution in [2.24, 2.45) is 7.05 Å². The van der Waals surface area contributed by atoms with E-state index in [2.05, 4.69) is 39.6 Å². The topological polar surface area (TPSA) is 50.2 Å². The molecule has 1 aliphatic heterocycles. The average Bonchev–Trinajstić information content (AvgIpc) is 2.90. The molecule has 5 nitrogen and oxygen atoms in total. The zero-order valence-corrected chi connectivity index (χ0v) is 13.9. The molecule has 23 heavy (non-hydrogen) atoms. The van der Waals surface area contributed by atoms with Crippen molar-refractivity contribution in [1.82, 2.24) is 20.0 Å². The van der Waals surface area contributed by atoms with Crippen molar-refractivity contribution >= 4 is 5.91 Å². The molecule has 1 N–H and O–H groups in total. The smallest absolute Gasteiger partial charge is 0.269 e. The van der Waals surface area contributed by atoms with Crippen LogP contribution in [0.15, 0.2) is 30.3 Å². The molecule has 0 fully saturated rings. The van der Waals surface area contributed by atoms with Crippen LogP contribution in [0, 0.1) is 6.92 Å². The van der Waals surface area contributed by atoms with Gasteiger partial charge in [-0.05, 0) is 37.0 Å². The summed E-state index contributed by atoms with van der Waals surface area (Å²) in [5, 5.41) is 7.19. The van der Waals surface area contributed by atoms with Crippen LogP contribution in [-0.2, 0) is 20.0 Å². The summed E-state index contributed by atoms with van der Waals surface area (Å²) in [6.07, 6.45) is 2.08. The van der Waals surface area contributed by atoms with Crippen molar-refractivity contribution < 1.29 is 4.79 Å². The highest BCUT2D eigenvalue weighted by molar-refractivity contribution is 5.92.